The van der Waals surface area contributed by atoms with Crippen molar-refractivity contribution in [3.63, 3.8) is 0 Å². The summed E-state index contributed by atoms with van der Waals surface area (Å²) in [7, 11) is 11.6. The zero-order valence-corrected chi connectivity index (χ0v) is 27.5. The first-order chi connectivity index (χ1) is 22.2. The normalized spacial score (nSPS) is 18.0. The topological polar surface area (TPSA) is 69.4 Å². The fraction of sp³-hybridized carbons (Fsp3) is 0.342. The number of hydrogen-bond donors (Lipinski definition) is 1. The van der Waals surface area contributed by atoms with E-state index in [-0.39, 0.29) is 11.8 Å². The highest BCUT2D eigenvalue weighted by molar-refractivity contribution is 6.01. The second-order valence-corrected chi connectivity index (χ2v) is 13.1. The lowest BCUT2D eigenvalue weighted by Gasteiger charge is -2.43. The van der Waals surface area contributed by atoms with Gasteiger partial charge in [0, 0.05) is 36.0 Å². The smallest absolute Gasteiger partial charge is 0.211 e. The van der Waals surface area contributed by atoms with Crippen LogP contribution in [0.15, 0.2) is 60.7 Å². The van der Waals surface area contributed by atoms with E-state index in [1.54, 1.807) is 21.3 Å². The monoisotopic (exact) mass is 622 g/mol. The van der Waals surface area contributed by atoms with E-state index in [0.717, 1.165) is 76.1 Å². The lowest BCUT2D eigenvalue weighted by atomic mass is 9.86. The number of nitrogens with zero attached hydrogens (tertiary/aromatic N) is 2. The molecule has 238 valence electrons. The lowest BCUT2D eigenvalue weighted by molar-refractivity contribution is -0.923. The Morgan fingerprint density at radius 3 is 2.43 bits per heavy atom. The van der Waals surface area contributed by atoms with Gasteiger partial charge in [-0.25, -0.2) is 4.58 Å². The number of phenolic OH excluding ortho intramolecular Hbond substituents is 1. The van der Waals surface area contributed by atoms with Crippen molar-refractivity contribution >= 4 is 5.71 Å². The minimum absolute atomic E-state index is 0.0433. The Labute approximate surface area is 270 Å². The SMILES string of the molecule is COc1ccc2cc1Oc1cccc(c1)C[C@H]1c3cc(O)c(c(OC)c3CC[N+]1(C)C)Oc1cc3c(cc1OC)CC[N+](C)=C3C2. The van der Waals surface area contributed by atoms with Gasteiger partial charge in [-0.15, -0.1) is 0 Å². The molecule has 0 amide bonds. The Morgan fingerprint density at radius 2 is 1.65 bits per heavy atom. The van der Waals surface area contributed by atoms with Crippen LogP contribution in [0, 0.1) is 0 Å². The summed E-state index contributed by atoms with van der Waals surface area (Å²) in [4.78, 5) is 0. The summed E-state index contributed by atoms with van der Waals surface area (Å²) in [5.41, 5.74) is 7.80. The quantitative estimate of drug-likeness (QED) is 0.209. The van der Waals surface area contributed by atoms with Crippen molar-refractivity contribution < 1.29 is 37.8 Å². The van der Waals surface area contributed by atoms with E-state index in [9.17, 15) is 5.11 Å². The Kier molecular flexibility index (Phi) is 7.56. The maximum absolute atomic E-state index is 11.6. The fourth-order valence-corrected chi connectivity index (χ4v) is 7.32. The van der Waals surface area contributed by atoms with Crippen LogP contribution in [0.5, 0.6) is 46.0 Å². The van der Waals surface area contributed by atoms with E-state index in [0.29, 0.717) is 40.9 Å². The van der Waals surface area contributed by atoms with E-state index in [1.165, 1.54) is 5.56 Å². The van der Waals surface area contributed by atoms with Gasteiger partial charge in [-0.05, 0) is 59.2 Å². The minimum Gasteiger partial charge on any atom is -0.504 e. The average molecular weight is 623 g/mol. The van der Waals surface area contributed by atoms with Crippen LogP contribution in [-0.4, -0.2) is 75.4 Å². The Bertz CT molecular complexity index is 1880. The van der Waals surface area contributed by atoms with Gasteiger partial charge in [-0.2, -0.15) is 0 Å². The molecular formula is C38H42N2O6+2. The van der Waals surface area contributed by atoms with Crippen molar-refractivity contribution in [3.8, 4) is 46.0 Å². The Hall–Kier alpha value is -4.69. The third-order valence-corrected chi connectivity index (χ3v) is 9.94. The lowest BCUT2D eigenvalue weighted by Crippen LogP contribution is -2.48. The molecular weight excluding hydrogens is 580 g/mol. The molecule has 8 heteroatoms. The molecule has 0 aromatic heterocycles. The van der Waals surface area contributed by atoms with Crippen molar-refractivity contribution in [2.24, 2.45) is 0 Å². The predicted octanol–water partition coefficient (Wildman–Crippen LogP) is 6.46. The summed E-state index contributed by atoms with van der Waals surface area (Å²) in [6.45, 7) is 1.79. The number of quaternary nitrogens is 1. The number of hydrogen-bond acceptors (Lipinski definition) is 6. The van der Waals surface area contributed by atoms with Crippen molar-refractivity contribution in [2.45, 2.75) is 31.7 Å². The number of aromatic hydroxyl groups is 1. The molecule has 0 radical (unpaired) electrons. The molecule has 10 bridgehead atoms. The number of likely N-dealkylation sites (N-methyl/N-ethyl adjacent to an activating group) is 2. The zero-order valence-electron chi connectivity index (χ0n) is 27.5. The van der Waals surface area contributed by atoms with Crippen LogP contribution in [0.3, 0.4) is 0 Å². The third kappa shape index (κ3) is 5.20. The molecule has 1 N–H and O–H groups in total. The van der Waals surface area contributed by atoms with Gasteiger partial charge in [0.2, 0.25) is 5.75 Å². The summed E-state index contributed by atoms with van der Waals surface area (Å²) in [6.07, 6.45) is 3.10. The first-order valence-electron chi connectivity index (χ1n) is 15.8. The third-order valence-electron chi connectivity index (χ3n) is 9.94. The van der Waals surface area contributed by atoms with Gasteiger partial charge >= 0.3 is 0 Å². The van der Waals surface area contributed by atoms with E-state index >= 15 is 0 Å². The largest absolute Gasteiger partial charge is 0.504 e. The molecule has 4 heterocycles. The van der Waals surface area contributed by atoms with Crippen molar-refractivity contribution in [1.29, 1.82) is 0 Å². The van der Waals surface area contributed by atoms with Gasteiger partial charge < -0.3 is 33.3 Å². The number of fused-ring (bicyclic) bond motifs is 1. The van der Waals surface area contributed by atoms with Crippen molar-refractivity contribution in [1.82, 2.24) is 0 Å². The van der Waals surface area contributed by atoms with Crippen LogP contribution in [0.4, 0.5) is 0 Å². The molecule has 4 aromatic carbocycles. The molecule has 0 saturated carbocycles. The van der Waals surface area contributed by atoms with E-state index in [1.807, 2.05) is 30.3 Å². The van der Waals surface area contributed by atoms with Crippen LogP contribution in [0.25, 0.3) is 0 Å². The number of phenols is 1. The van der Waals surface area contributed by atoms with Gasteiger partial charge in [0.05, 0.1) is 48.4 Å². The molecule has 4 aliphatic rings. The molecule has 4 aromatic rings. The van der Waals surface area contributed by atoms with Gasteiger partial charge in [-0.1, -0.05) is 18.2 Å². The van der Waals surface area contributed by atoms with Crippen molar-refractivity contribution in [2.75, 3.05) is 55.6 Å². The average Bonchev–Trinajstić information content (AvgIpc) is 3.04. The van der Waals surface area contributed by atoms with E-state index in [4.69, 9.17) is 23.7 Å². The Morgan fingerprint density at radius 1 is 0.848 bits per heavy atom. The molecule has 0 saturated heterocycles. The second-order valence-electron chi connectivity index (χ2n) is 13.1. The molecule has 4 aliphatic heterocycles. The maximum atomic E-state index is 11.6. The Balaban J connectivity index is 1.47. The van der Waals surface area contributed by atoms with Gasteiger partial charge in [0.25, 0.3) is 0 Å². The van der Waals surface area contributed by atoms with Crippen molar-refractivity contribution in [3.05, 3.63) is 94.0 Å². The predicted molar refractivity (Wildman–Crippen MR) is 177 cm³/mol. The molecule has 1 atom stereocenters. The molecule has 0 fully saturated rings. The summed E-state index contributed by atoms with van der Waals surface area (Å²) < 4.78 is 33.8. The number of rotatable bonds is 3. The first-order valence-corrected chi connectivity index (χ1v) is 15.8. The molecule has 46 heavy (non-hydrogen) atoms. The molecule has 8 nitrogen and oxygen atoms in total. The van der Waals surface area contributed by atoms with E-state index < -0.39 is 0 Å². The summed E-state index contributed by atoms with van der Waals surface area (Å²) in [5.74, 6) is 4.17. The first kappa shape index (κ1) is 30.0. The van der Waals surface area contributed by atoms with Gasteiger partial charge in [0.15, 0.2) is 40.2 Å². The highest BCUT2D eigenvalue weighted by Gasteiger charge is 2.39. The molecule has 0 spiro atoms. The van der Waals surface area contributed by atoms with Gasteiger partial charge in [0.1, 0.15) is 25.4 Å². The summed E-state index contributed by atoms with van der Waals surface area (Å²) in [5, 5.41) is 11.6. The number of methoxy groups -OCH3 is 3. The fourth-order valence-electron chi connectivity index (χ4n) is 7.32. The van der Waals surface area contributed by atoms with Crippen LogP contribution >= 0.6 is 0 Å². The summed E-state index contributed by atoms with van der Waals surface area (Å²) in [6, 6.07) is 20.5. The molecule has 0 aliphatic carbocycles. The second kappa shape index (κ2) is 11.6. The van der Waals surface area contributed by atoms with Crippen LogP contribution in [0.1, 0.15) is 39.4 Å². The van der Waals surface area contributed by atoms with Crippen LogP contribution < -0.4 is 23.7 Å². The van der Waals surface area contributed by atoms with Gasteiger partial charge in [-0.3, -0.25) is 0 Å². The van der Waals surface area contributed by atoms with Crippen LogP contribution in [0.2, 0.25) is 0 Å². The number of ether oxygens (including phenoxy) is 5. The number of benzene rings is 4. The minimum atomic E-state index is 0.0433. The zero-order chi connectivity index (χ0) is 32.2. The highest BCUT2D eigenvalue weighted by atomic mass is 16.5. The van der Waals surface area contributed by atoms with E-state index in [2.05, 4.69) is 56.1 Å². The van der Waals surface area contributed by atoms with Crippen LogP contribution in [-0.2, 0) is 25.7 Å². The summed E-state index contributed by atoms with van der Waals surface area (Å²) >= 11 is 0. The highest BCUT2D eigenvalue weighted by Crippen LogP contribution is 2.51. The maximum Gasteiger partial charge on any atom is 0.211 e. The standard InChI is InChI=1S/C38H41N2O6/c1-39-14-12-25-20-34(43-5)36-22-28(25)30(39)17-24-10-11-33(42-4)35(19-24)45-26-9-7-8-23(16-26)18-31-29-21-32(41)38(46-36)37(44-6)27(29)13-15-40(31,2)3/h7-11,16,19-22,31H,12-15,17-18H2,1-6H3/q+1/p+1/t31-/m0/s1. The molecule has 8 rings (SSSR count). The molecule has 0 unspecified atom stereocenters.